The van der Waals surface area contributed by atoms with Crippen LogP contribution in [-0.4, -0.2) is 70.2 Å². The molecule has 0 aromatic heterocycles. The summed E-state index contributed by atoms with van der Waals surface area (Å²) in [5.41, 5.74) is 3.06. The van der Waals surface area contributed by atoms with Gasteiger partial charge in [0.2, 0.25) is 10.0 Å². The Bertz CT molecular complexity index is 2160. The first-order chi connectivity index (χ1) is 26.6. The predicted octanol–water partition coefficient (Wildman–Crippen LogP) is 6.16. The minimum Gasteiger partial charge on any atom is -0.504 e. The third kappa shape index (κ3) is 11.1. The van der Waals surface area contributed by atoms with Gasteiger partial charge in [0.15, 0.2) is 11.5 Å². The maximum atomic E-state index is 12.6. The van der Waals surface area contributed by atoms with E-state index < -0.39 is 59.6 Å². The van der Waals surface area contributed by atoms with Crippen LogP contribution in [0, 0.1) is 0 Å². The number of anilines is 4. The van der Waals surface area contributed by atoms with Gasteiger partial charge in [-0.2, -0.15) is 10.2 Å². The van der Waals surface area contributed by atoms with Crippen molar-refractivity contribution in [2.45, 2.75) is 28.8 Å². The van der Waals surface area contributed by atoms with Crippen molar-refractivity contribution < 1.29 is 46.3 Å². The summed E-state index contributed by atoms with van der Waals surface area (Å²) in [6.45, 7) is 1.05. The van der Waals surface area contributed by atoms with E-state index in [9.17, 15) is 36.6 Å². The van der Waals surface area contributed by atoms with E-state index in [2.05, 4.69) is 52.2 Å². The molecule has 4 amide bonds. The molecule has 300 valence electrons. The van der Waals surface area contributed by atoms with Crippen molar-refractivity contribution >= 4 is 106 Å². The van der Waals surface area contributed by atoms with Crippen molar-refractivity contribution in [3.8, 4) is 11.5 Å². The molecule has 2 saturated heterocycles. The van der Waals surface area contributed by atoms with Gasteiger partial charge in [0.05, 0.1) is 57.2 Å². The van der Waals surface area contributed by atoms with Gasteiger partial charge in [0, 0.05) is 17.4 Å². The van der Waals surface area contributed by atoms with Crippen LogP contribution in [0.3, 0.4) is 0 Å². The lowest BCUT2D eigenvalue weighted by Crippen LogP contribution is -2.40. The second-order valence-corrected chi connectivity index (χ2v) is 16.8. The maximum absolute atomic E-state index is 12.6. The summed E-state index contributed by atoms with van der Waals surface area (Å²) in [5.74, 6) is -1.39. The number of carbonyl (C=O) groups excluding carboxylic acids is 2. The molecule has 2 heterocycles. The normalized spacial score (nSPS) is 15.8. The summed E-state index contributed by atoms with van der Waals surface area (Å²) < 4.78 is 53.4. The number of hydrogen-bond acceptors (Lipinski definition) is 12. The number of sulfonamides is 2. The van der Waals surface area contributed by atoms with Crippen molar-refractivity contribution in [2.75, 3.05) is 41.0 Å². The summed E-state index contributed by atoms with van der Waals surface area (Å²) in [7, 11) is -8.44. The topological polar surface area (TPSA) is 249 Å². The van der Waals surface area contributed by atoms with Crippen LogP contribution in [0.25, 0.3) is 0 Å². The number of halogens is 4. The summed E-state index contributed by atoms with van der Waals surface area (Å²) in [4.78, 5) is 35.5. The number of phenols is 2. The quantitative estimate of drug-likeness (QED) is 0.0813. The third-order valence-corrected chi connectivity index (χ3v) is 12.3. The van der Waals surface area contributed by atoms with Crippen molar-refractivity contribution in [1.29, 1.82) is 0 Å². The van der Waals surface area contributed by atoms with Gasteiger partial charge in [-0.1, -0.05) is 59.1 Å². The number of hydroxylamine groups is 2. The summed E-state index contributed by atoms with van der Waals surface area (Å²) in [6, 6.07) is 17.2. The number of hydrogen-bond donors (Lipinski definition) is 9. The Kier molecular flexibility index (Phi) is 14.6. The van der Waals surface area contributed by atoms with Gasteiger partial charge in [0.1, 0.15) is 9.79 Å². The van der Waals surface area contributed by atoms with Crippen molar-refractivity contribution in [3.63, 3.8) is 0 Å². The monoisotopic (exact) mass is 936 g/mol. The van der Waals surface area contributed by atoms with E-state index in [-0.39, 0.29) is 21.4 Å². The number of para-hydroxylation sites is 2. The van der Waals surface area contributed by atoms with Gasteiger partial charge < -0.3 is 36.3 Å². The van der Waals surface area contributed by atoms with E-state index in [1.54, 1.807) is 48.5 Å². The zero-order chi connectivity index (χ0) is 40.6. The third-order valence-electron chi connectivity index (χ3n) is 7.45. The average Bonchev–Trinajstić information content (AvgIpc) is 3.84. The Morgan fingerprint density at radius 3 is 1.79 bits per heavy atom. The van der Waals surface area contributed by atoms with Gasteiger partial charge in [-0.25, -0.2) is 26.4 Å². The summed E-state index contributed by atoms with van der Waals surface area (Å²) >= 11 is 21.2. The lowest BCUT2D eigenvalue weighted by Gasteiger charge is -2.18. The molecular formula is C32H32BrCl3N8O10S2. The van der Waals surface area contributed by atoms with E-state index in [0.29, 0.717) is 53.5 Å². The number of phenolic OH excluding ortho intramolecular Hbond substituents is 2. The molecule has 6 rings (SSSR count). The standard InChI is InChI=1S/C16H16BrClN4O5S.C16H16Cl2N4O5S/c17-9-3-1-2-4-11(9)19-16(24)20-12-6-5-10(18)15(14(12)23)28(25,26)22-13-7-8-27-21-13;17-10-4-1-2-5-12(10)19-16(24)20-13-7-6-11(18)15(14(13)23)28(25,26)21-22-8-3-9-27-22/h1-6,13,21-23H,7-8H2,(H2,19,20,24);1-2,4-7,21,23H,3,8-9H2,(H2,19,20,24). The van der Waals surface area contributed by atoms with Crippen LogP contribution >= 0.6 is 50.7 Å². The number of urea groups is 2. The minimum atomic E-state index is -4.25. The Morgan fingerprint density at radius 1 is 0.714 bits per heavy atom. The molecule has 56 heavy (non-hydrogen) atoms. The number of benzene rings is 4. The highest BCUT2D eigenvalue weighted by atomic mass is 79.9. The lowest BCUT2D eigenvalue weighted by molar-refractivity contribution is -0.129. The number of hydrazine groups is 1. The molecule has 0 saturated carbocycles. The Labute approximate surface area is 343 Å². The SMILES string of the molecule is O=C(Nc1ccccc1Br)Nc1ccc(Cl)c(S(=O)(=O)NC2CCON2)c1O.O=C(Nc1ccccc1Cl)Nc1ccc(Cl)c(S(=O)(=O)NN2CCCO2)c1O. The van der Waals surface area contributed by atoms with E-state index >= 15 is 0 Å². The fraction of sp³-hybridized carbons (Fsp3) is 0.188. The highest BCUT2D eigenvalue weighted by Gasteiger charge is 2.31. The lowest BCUT2D eigenvalue weighted by atomic mass is 10.3. The molecule has 18 nitrogen and oxygen atoms in total. The number of carbonyl (C=O) groups is 2. The Morgan fingerprint density at radius 2 is 1.25 bits per heavy atom. The molecule has 2 fully saturated rings. The molecule has 0 radical (unpaired) electrons. The van der Waals surface area contributed by atoms with Gasteiger partial charge in [-0.15, -0.1) is 10.0 Å². The van der Waals surface area contributed by atoms with Crippen LogP contribution in [-0.2, 0) is 29.7 Å². The Hall–Kier alpha value is -3.97. The molecule has 1 unspecified atom stereocenters. The molecule has 1 atom stereocenters. The van der Waals surface area contributed by atoms with Crippen LogP contribution < -0.4 is 36.3 Å². The largest absolute Gasteiger partial charge is 0.504 e. The molecule has 9 N–H and O–H groups in total. The van der Waals surface area contributed by atoms with Crippen molar-refractivity contribution in [3.05, 3.63) is 92.3 Å². The summed E-state index contributed by atoms with van der Waals surface area (Å²) in [6.07, 6.45) is 0.395. The molecule has 4 aromatic rings. The predicted molar refractivity (Wildman–Crippen MR) is 213 cm³/mol. The fourth-order valence-corrected chi connectivity index (χ4v) is 8.93. The number of nitrogens with zero attached hydrogens (tertiary/aromatic N) is 1. The van der Waals surface area contributed by atoms with Gasteiger partial charge >= 0.3 is 12.1 Å². The van der Waals surface area contributed by atoms with Crippen molar-refractivity contribution in [2.24, 2.45) is 0 Å². The molecule has 24 heteroatoms. The van der Waals surface area contributed by atoms with Gasteiger partial charge in [-0.3, -0.25) is 4.84 Å². The molecule has 2 aliphatic heterocycles. The van der Waals surface area contributed by atoms with Crippen LogP contribution in [0.4, 0.5) is 32.3 Å². The first-order valence-electron chi connectivity index (χ1n) is 16.1. The molecule has 0 bridgehead atoms. The second-order valence-electron chi connectivity index (χ2n) is 11.5. The van der Waals surface area contributed by atoms with E-state index in [1.165, 1.54) is 24.3 Å². The number of nitrogens with one attached hydrogen (secondary N) is 7. The van der Waals surface area contributed by atoms with Crippen LogP contribution in [0.15, 0.2) is 87.1 Å². The fourth-order valence-electron chi connectivity index (χ4n) is 4.91. The van der Waals surface area contributed by atoms with Crippen LogP contribution in [0.5, 0.6) is 11.5 Å². The first kappa shape index (κ1) is 43.2. The number of amides is 4. The highest BCUT2D eigenvalue weighted by molar-refractivity contribution is 9.10. The molecule has 0 spiro atoms. The Balaban J connectivity index is 0.000000214. The smallest absolute Gasteiger partial charge is 0.323 e. The van der Waals surface area contributed by atoms with Gasteiger partial charge in [0.25, 0.3) is 10.0 Å². The number of rotatable bonds is 10. The summed E-state index contributed by atoms with van der Waals surface area (Å²) in [5, 5.41) is 31.7. The maximum Gasteiger partial charge on any atom is 0.323 e. The molecular weight excluding hydrogens is 907 g/mol. The van der Waals surface area contributed by atoms with Crippen LogP contribution in [0.2, 0.25) is 15.1 Å². The average molecular weight is 939 g/mol. The van der Waals surface area contributed by atoms with E-state index in [0.717, 1.165) is 5.17 Å². The van der Waals surface area contributed by atoms with Crippen molar-refractivity contribution in [1.82, 2.24) is 20.2 Å². The zero-order valence-corrected chi connectivity index (χ0v) is 34.0. The highest BCUT2D eigenvalue weighted by Crippen LogP contribution is 2.38. The van der Waals surface area contributed by atoms with Crippen LogP contribution in [0.1, 0.15) is 12.8 Å². The minimum absolute atomic E-state index is 0.120. The first-order valence-corrected chi connectivity index (χ1v) is 21.0. The zero-order valence-electron chi connectivity index (χ0n) is 28.5. The number of aromatic hydroxyl groups is 2. The second kappa shape index (κ2) is 19.0. The molecule has 2 aliphatic rings. The van der Waals surface area contributed by atoms with E-state index in [1.807, 2.05) is 0 Å². The molecule has 0 aliphatic carbocycles. The molecule has 4 aromatic carbocycles. The van der Waals surface area contributed by atoms with E-state index in [4.69, 9.17) is 44.5 Å². The van der Waals surface area contributed by atoms with Gasteiger partial charge in [-0.05, 0) is 70.9 Å².